The van der Waals surface area contributed by atoms with Gasteiger partial charge in [0.05, 0.1) is 18.9 Å². The zero-order valence-corrected chi connectivity index (χ0v) is 18.0. The Bertz CT molecular complexity index is 1070. The molecule has 0 aliphatic carbocycles. The predicted octanol–water partition coefficient (Wildman–Crippen LogP) is 4.80. The number of nitrogens with zero attached hydrogens (tertiary/aromatic N) is 3. The van der Waals surface area contributed by atoms with Crippen molar-refractivity contribution < 1.29 is 14.0 Å². The van der Waals surface area contributed by atoms with E-state index >= 15 is 0 Å². The van der Waals surface area contributed by atoms with Crippen LogP contribution in [0.3, 0.4) is 0 Å². The van der Waals surface area contributed by atoms with Crippen molar-refractivity contribution in [2.75, 3.05) is 31.2 Å². The molecular formula is C25H27N3O3. The zero-order valence-electron chi connectivity index (χ0n) is 18.0. The Labute approximate surface area is 182 Å². The first-order valence-corrected chi connectivity index (χ1v) is 10.7. The standard InChI is InChI=1S/C25H27N3O3/c1-18-19(2)26-31-24(18)28-12-15-30-25(28)21-8-9-23(20-6-4-3-5-7-20)22(16-21)17-27-10-13-29-14-11-27/h3-9,12,15-16,25H,10-11,13-14,17H2,1-2H3. The number of hydrogen-bond acceptors (Lipinski definition) is 6. The van der Waals surface area contributed by atoms with Gasteiger partial charge < -0.3 is 14.0 Å². The lowest BCUT2D eigenvalue weighted by atomic mass is 9.96. The molecule has 2 aliphatic heterocycles. The van der Waals surface area contributed by atoms with Gasteiger partial charge >= 0.3 is 0 Å². The molecule has 1 fully saturated rings. The molecule has 5 rings (SSSR count). The largest absolute Gasteiger partial charge is 0.472 e. The van der Waals surface area contributed by atoms with Gasteiger partial charge in [-0.25, -0.2) is 0 Å². The Morgan fingerprint density at radius 1 is 1.03 bits per heavy atom. The molecule has 2 aromatic carbocycles. The van der Waals surface area contributed by atoms with Gasteiger partial charge in [0, 0.05) is 37.0 Å². The highest BCUT2D eigenvalue weighted by Crippen LogP contribution is 2.37. The van der Waals surface area contributed by atoms with Crippen LogP contribution >= 0.6 is 0 Å². The van der Waals surface area contributed by atoms with Crippen LogP contribution in [0.2, 0.25) is 0 Å². The van der Waals surface area contributed by atoms with E-state index in [2.05, 4.69) is 58.6 Å². The van der Waals surface area contributed by atoms with Crippen LogP contribution in [0.25, 0.3) is 11.1 Å². The van der Waals surface area contributed by atoms with Crippen molar-refractivity contribution in [3.05, 3.63) is 83.4 Å². The van der Waals surface area contributed by atoms with Crippen LogP contribution in [-0.2, 0) is 16.0 Å². The predicted molar refractivity (Wildman–Crippen MR) is 119 cm³/mol. The number of hydrogen-bond donors (Lipinski definition) is 0. The topological polar surface area (TPSA) is 51.0 Å². The van der Waals surface area contributed by atoms with Gasteiger partial charge in [-0.05, 0) is 36.6 Å². The molecular weight excluding hydrogens is 390 g/mol. The van der Waals surface area contributed by atoms with Crippen molar-refractivity contribution in [3.63, 3.8) is 0 Å². The van der Waals surface area contributed by atoms with Crippen LogP contribution < -0.4 is 4.90 Å². The highest BCUT2D eigenvalue weighted by atomic mass is 16.5. The molecule has 1 saturated heterocycles. The molecule has 0 spiro atoms. The maximum absolute atomic E-state index is 5.98. The molecule has 6 heteroatoms. The summed E-state index contributed by atoms with van der Waals surface area (Å²) in [6.07, 6.45) is 3.35. The number of aryl methyl sites for hydroxylation is 1. The summed E-state index contributed by atoms with van der Waals surface area (Å²) in [5, 5.41) is 4.11. The molecule has 160 valence electrons. The summed E-state index contributed by atoms with van der Waals surface area (Å²) in [5.74, 6) is 0.720. The van der Waals surface area contributed by atoms with Crippen molar-refractivity contribution in [2.45, 2.75) is 26.6 Å². The summed E-state index contributed by atoms with van der Waals surface area (Å²) in [6, 6.07) is 17.2. The number of benzene rings is 2. The molecule has 2 aliphatic rings. The zero-order chi connectivity index (χ0) is 21.2. The number of rotatable bonds is 5. The third-order valence-corrected chi connectivity index (χ3v) is 6.05. The number of aromatic nitrogens is 1. The Morgan fingerprint density at radius 3 is 2.58 bits per heavy atom. The van der Waals surface area contributed by atoms with Crippen LogP contribution in [0.1, 0.15) is 28.6 Å². The Morgan fingerprint density at radius 2 is 1.84 bits per heavy atom. The second-order valence-electron chi connectivity index (χ2n) is 8.05. The van der Waals surface area contributed by atoms with Crippen LogP contribution in [0.15, 0.2) is 65.5 Å². The summed E-state index contributed by atoms with van der Waals surface area (Å²) in [6.45, 7) is 8.31. The quantitative estimate of drug-likeness (QED) is 0.595. The van der Waals surface area contributed by atoms with Crippen molar-refractivity contribution >= 4 is 5.88 Å². The third kappa shape index (κ3) is 3.96. The first-order chi connectivity index (χ1) is 15.2. The second kappa shape index (κ2) is 8.57. The molecule has 1 aromatic heterocycles. The minimum absolute atomic E-state index is 0.278. The average Bonchev–Trinajstić information content (AvgIpc) is 3.42. The van der Waals surface area contributed by atoms with E-state index in [1.807, 2.05) is 24.9 Å². The fourth-order valence-electron chi connectivity index (χ4n) is 4.17. The van der Waals surface area contributed by atoms with Crippen LogP contribution in [0, 0.1) is 13.8 Å². The first-order valence-electron chi connectivity index (χ1n) is 10.7. The maximum Gasteiger partial charge on any atom is 0.237 e. The van der Waals surface area contributed by atoms with Crippen LogP contribution in [0.5, 0.6) is 0 Å². The second-order valence-corrected chi connectivity index (χ2v) is 8.05. The lowest BCUT2D eigenvalue weighted by molar-refractivity contribution is 0.0342. The summed E-state index contributed by atoms with van der Waals surface area (Å²) in [5.41, 5.74) is 6.75. The Hall–Kier alpha value is -3.09. The first kappa shape index (κ1) is 19.8. The van der Waals surface area contributed by atoms with Gasteiger partial charge in [0.2, 0.25) is 12.1 Å². The van der Waals surface area contributed by atoms with Gasteiger partial charge in [0.1, 0.15) is 6.26 Å². The monoisotopic (exact) mass is 417 g/mol. The smallest absolute Gasteiger partial charge is 0.237 e. The number of morpholine rings is 1. The van der Waals surface area contributed by atoms with E-state index in [4.69, 9.17) is 14.0 Å². The van der Waals surface area contributed by atoms with Crippen molar-refractivity contribution in [1.29, 1.82) is 0 Å². The average molecular weight is 418 g/mol. The fourth-order valence-corrected chi connectivity index (χ4v) is 4.17. The van der Waals surface area contributed by atoms with E-state index < -0.39 is 0 Å². The molecule has 0 amide bonds. The minimum Gasteiger partial charge on any atom is -0.472 e. The number of anilines is 1. The van der Waals surface area contributed by atoms with E-state index in [1.165, 1.54) is 16.7 Å². The Kier molecular flexibility index (Phi) is 5.49. The van der Waals surface area contributed by atoms with E-state index in [0.29, 0.717) is 0 Å². The lowest BCUT2D eigenvalue weighted by Gasteiger charge is -2.28. The molecule has 0 radical (unpaired) electrons. The highest BCUT2D eigenvalue weighted by molar-refractivity contribution is 5.68. The van der Waals surface area contributed by atoms with Gasteiger partial charge in [-0.15, -0.1) is 0 Å². The van der Waals surface area contributed by atoms with Gasteiger partial charge in [-0.2, -0.15) is 0 Å². The van der Waals surface area contributed by atoms with Crippen molar-refractivity contribution in [1.82, 2.24) is 10.1 Å². The molecule has 0 bridgehead atoms. The molecule has 3 heterocycles. The van der Waals surface area contributed by atoms with Crippen molar-refractivity contribution in [2.24, 2.45) is 0 Å². The summed E-state index contributed by atoms with van der Waals surface area (Å²) in [7, 11) is 0. The van der Waals surface area contributed by atoms with Gasteiger partial charge in [-0.3, -0.25) is 9.80 Å². The number of ether oxygens (including phenoxy) is 2. The molecule has 0 saturated carbocycles. The van der Waals surface area contributed by atoms with E-state index in [9.17, 15) is 0 Å². The molecule has 1 unspecified atom stereocenters. The maximum atomic E-state index is 5.98. The van der Waals surface area contributed by atoms with Gasteiger partial charge in [-0.1, -0.05) is 47.6 Å². The van der Waals surface area contributed by atoms with Gasteiger partial charge in [0.15, 0.2) is 0 Å². The molecule has 3 aromatic rings. The fraction of sp³-hybridized carbons (Fsp3) is 0.320. The van der Waals surface area contributed by atoms with E-state index in [1.54, 1.807) is 6.26 Å². The third-order valence-electron chi connectivity index (χ3n) is 6.05. The van der Waals surface area contributed by atoms with Crippen LogP contribution in [-0.4, -0.2) is 36.4 Å². The SMILES string of the molecule is Cc1noc(N2C=COC2c2ccc(-c3ccccc3)c(CN3CCOCC3)c2)c1C. The molecule has 1 atom stereocenters. The normalized spacial score (nSPS) is 19.0. The van der Waals surface area contributed by atoms with E-state index in [-0.39, 0.29) is 6.23 Å². The Balaban J connectivity index is 1.50. The molecule has 6 nitrogen and oxygen atoms in total. The lowest BCUT2D eigenvalue weighted by Crippen LogP contribution is -2.35. The van der Waals surface area contributed by atoms with Crippen molar-refractivity contribution in [3.8, 4) is 11.1 Å². The highest BCUT2D eigenvalue weighted by Gasteiger charge is 2.29. The van der Waals surface area contributed by atoms with Gasteiger partial charge in [0.25, 0.3) is 0 Å². The summed E-state index contributed by atoms with van der Waals surface area (Å²) in [4.78, 5) is 4.45. The van der Waals surface area contributed by atoms with E-state index in [0.717, 1.165) is 55.6 Å². The summed E-state index contributed by atoms with van der Waals surface area (Å²) < 4.78 is 17.1. The van der Waals surface area contributed by atoms with Crippen LogP contribution in [0.4, 0.5) is 5.88 Å². The summed E-state index contributed by atoms with van der Waals surface area (Å²) >= 11 is 0. The molecule has 31 heavy (non-hydrogen) atoms. The molecule has 0 N–H and O–H groups in total. The minimum atomic E-state index is -0.278.